The van der Waals surface area contributed by atoms with Crippen molar-refractivity contribution in [3.05, 3.63) is 145 Å². The molecule has 0 saturated carbocycles. The maximum atomic E-state index is 4.60. The quantitative estimate of drug-likeness (QED) is 0.169. The Balaban J connectivity index is 0.000000161. The molecule has 1 radical (unpaired) electrons. The van der Waals surface area contributed by atoms with E-state index in [0.717, 1.165) is 28.9 Å². The van der Waals surface area contributed by atoms with Gasteiger partial charge >= 0.3 is 0 Å². The van der Waals surface area contributed by atoms with Crippen molar-refractivity contribution in [2.24, 2.45) is 0 Å². The molecule has 3 aromatic heterocycles. The number of hydrogen-bond donors (Lipinski definition) is 0. The third-order valence-electron chi connectivity index (χ3n) is 6.95. The van der Waals surface area contributed by atoms with Gasteiger partial charge in [0.15, 0.2) is 0 Å². The van der Waals surface area contributed by atoms with Gasteiger partial charge in [0.05, 0.1) is 0 Å². The van der Waals surface area contributed by atoms with Crippen LogP contribution in [0, 0.1) is 19.1 Å². The summed E-state index contributed by atoms with van der Waals surface area (Å²) in [4.78, 5) is 9.11. The number of fused-ring (bicyclic) bond motifs is 3. The van der Waals surface area contributed by atoms with Crippen LogP contribution in [0.15, 0.2) is 122 Å². The van der Waals surface area contributed by atoms with Crippen LogP contribution in [-0.4, -0.2) is 9.97 Å². The average molecular weight is 725 g/mol. The number of pyridine rings is 2. The second kappa shape index (κ2) is 13.1. The molecule has 0 aliphatic heterocycles. The Bertz CT molecular complexity index is 1900. The van der Waals surface area contributed by atoms with E-state index in [1.165, 1.54) is 42.4 Å². The smallest absolute Gasteiger partial charge is 0.0242 e. The molecule has 203 valence electrons. The Morgan fingerprint density at radius 1 is 0.732 bits per heavy atom. The van der Waals surface area contributed by atoms with E-state index < -0.39 is 0 Å². The first kappa shape index (κ1) is 28.6. The molecule has 0 bridgehead atoms. The van der Waals surface area contributed by atoms with Crippen molar-refractivity contribution in [2.45, 2.75) is 20.3 Å². The summed E-state index contributed by atoms with van der Waals surface area (Å²) in [6.45, 7) is 4.27. The van der Waals surface area contributed by atoms with E-state index in [4.69, 9.17) is 0 Å². The van der Waals surface area contributed by atoms with Crippen LogP contribution in [-0.2, 0) is 26.5 Å². The van der Waals surface area contributed by atoms with Gasteiger partial charge in [-0.05, 0) is 58.1 Å². The SMILES string of the molecule is CCc1cc(-c2[c-]cccc2)ncc1-c1ccccc1.Cc1ccnc(-c2[c-]ccc3c2sc2ccccc23)c1.[Ir]. The van der Waals surface area contributed by atoms with Gasteiger partial charge in [-0.15, -0.1) is 59.7 Å². The largest absolute Gasteiger partial charge is 0.305 e. The summed E-state index contributed by atoms with van der Waals surface area (Å²) in [5.74, 6) is 0. The van der Waals surface area contributed by atoms with E-state index in [9.17, 15) is 0 Å². The van der Waals surface area contributed by atoms with Gasteiger partial charge in [0, 0.05) is 42.8 Å². The van der Waals surface area contributed by atoms with Gasteiger partial charge in [-0.2, -0.15) is 11.3 Å². The first-order valence-electron chi connectivity index (χ1n) is 13.5. The van der Waals surface area contributed by atoms with Crippen LogP contribution in [0.3, 0.4) is 0 Å². The Morgan fingerprint density at radius 2 is 1.54 bits per heavy atom. The van der Waals surface area contributed by atoms with Gasteiger partial charge in [-0.1, -0.05) is 78.5 Å². The molecule has 7 rings (SSSR count). The third-order valence-corrected chi connectivity index (χ3v) is 8.15. The molecule has 0 unspecified atom stereocenters. The normalized spacial score (nSPS) is 10.6. The van der Waals surface area contributed by atoms with E-state index in [1.54, 1.807) is 0 Å². The van der Waals surface area contributed by atoms with Gasteiger partial charge in [0.2, 0.25) is 0 Å². The van der Waals surface area contributed by atoms with E-state index >= 15 is 0 Å². The Kier molecular flexibility index (Phi) is 9.16. The molecule has 0 aliphatic carbocycles. The van der Waals surface area contributed by atoms with E-state index in [1.807, 2.05) is 66.2 Å². The average Bonchev–Trinajstić information content (AvgIpc) is 3.41. The fourth-order valence-electron chi connectivity index (χ4n) is 4.92. The van der Waals surface area contributed by atoms with Gasteiger partial charge in [-0.3, -0.25) is 0 Å². The molecular weight excluding hydrogens is 697 g/mol. The Labute approximate surface area is 259 Å². The van der Waals surface area contributed by atoms with Crippen LogP contribution >= 0.6 is 11.3 Å². The molecule has 0 aliphatic rings. The molecule has 2 nitrogen and oxygen atoms in total. The van der Waals surface area contributed by atoms with Crippen molar-refractivity contribution in [1.29, 1.82) is 0 Å². The molecular formula is C37H28IrN2S-2. The molecule has 0 saturated heterocycles. The molecule has 7 aromatic rings. The van der Waals surface area contributed by atoms with Crippen LogP contribution in [0.2, 0.25) is 0 Å². The molecule has 0 atom stereocenters. The summed E-state index contributed by atoms with van der Waals surface area (Å²) >= 11 is 1.82. The maximum Gasteiger partial charge on any atom is 0.0242 e. The number of rotatable bonds is 4. The molecule has 41 heavy (non-hydrogen) atoms. The van der Waals surface area contributed by atoms with Crippen LogP contribution in [0.1, 0.15) is 18.1 Å². The monoisotopic (exact) mass is 725 g/mol. The van der Waals surface area contributed by atoms with Crippen molar-refractivity contribution in [2.75, 3.05) is 0 Å². The van der Waals surface area contributed by atoms with Gasteiger partial charge in [0.25, 0.3) is 0 Å². The van der Waals surface area contributed by atoms with Crippen molar-refractivity contribution in [3.63, 3.8) is 0 Å². The van der Waals surface area contributed by atoms with Crippen molar-refractivity contribution in [3.8, 4) is 33.6 Å². The summed E-state index contributed by atoms with van der Waals surface area (Å²) in [6, 6.07) is 44.0. The predicted octanol–water partition coefficient (Wildman–Crippen LogP) is 10.0. The molecule has 0 fully saturated rings. The van der Waals surface area contributed by atoms with Gasteiger partial charge in [0.1, 0.15) is 0 Å². The van der Waals surface area contributed by atoms with Gasteiger partial charge < -0.3 is 9.97 Å². The van der Waals surface area contributed by atoms with Crippen LogP contribution in [0.25, 0.3) is 53.8 Å². The van der Waals surface area contributed by atoms with Crippen molar-refractivity contribution in [1.82, 2.24) is 9.97 Å². The van der Waals surface area contributed by atoms with Gasteiger partial charge in [-0.25, -0.2) is 0 Å². The molecule has 0 spiro atoms. The zero-order valence-electron chi connectivity index (χ0n) is 22.9. The number of benzene rings is 4. The maximum absolute atomic E-state index is 4.60. The fraction of sp³-hybridized carbons (Fsp3) is 0.0811. The summed E-state index contributed by atoms with van der Waals surface area (Å²) in [5, 5.41) is 2.61. The second-order valence-electron chi connectivity index (χ2n) is 9.63. The molecule has 0 N–H and O–H groups in total. The Morgan fingerprint density at radius 3 is 2.32 bits per heavy atom. The first-order valence-corrected chi connectivity index (χ1v) is 14.3. The minimum absolute atomic E-state index is 0. The van der Waals surface area contributed by atoms with E-state index in [-0.39, 0.29) is 20.1 Å². The molecule has 3 heterocycles. The zero-order valence-corrected chi connectivity index (χ0v) is 26.1. The Hall–Kier alpha value is -3.95. The standard InChI is InChI=1S/C19H16N.C18H12NS.Ir/c1-2-15-13-19(17-11-7-4-8-12-17)20-14-18(15)16-9-5-3-6-10-16;1-12-9-10-19-16(11-12)15-7-4-6-14-13-5-2-3-8-17(13)20-18(14)15;/h3-11,13-14H,2H2,1H3;2-6,8-11H,1H3;/q2*-1;. The third kappa shape index (κ3) is 6.21. The number of thiophene rings is 1. The summed E-state index contributed by atoms with van der Waals surface area (Å²) in [7, 11) is 0. The van der Waals surface area contributed by atoms with Crippen LogP contribution in [0.4, 0.5) is 0 Å². The van der Waals surface area contributed by atoms with Crippen LogP contribution in [0.5, 0.6) is 0 Å². The molecule has 4 heteroatoms. The molecule has 0 amide bonds. The van der Waals surface area contributed by atoms with Crippen molar-refractivity contribution >= 4 is 31.5 Å². The topological polar surface area (TPSA) is 25.8 Å². The number of nitrogens with zero attached hydrogens (tertiary/aromatic N) is 2. The summed E-state index contributed by atoms with van der Waals surface area (Å²) in [6.07, 6.45) is 4.83. The predicted molar refractivity (Wildman–Crippen MR) is 169 cm³/mol. The minimum atomic E-state index is 0. The summed E-state index contributed by atoms with van der Waals surface area (Å²) < 4.78 is 2.59. The van der Waals surface area contributed by atoms with Crippen molar-refractivity contribution < 1.29 is 20.1 Å². The zero-order chi connectivity index (χ0) is 27.3. The van der Waals surface area contributed by atoms with E-state index in [2.05, 4.69) is 103 Å². The van der Waals surface area contributed by atoms with E-state index in [0.29, 0.717) is 0 Å². The second-order valence-corrected chi connectivity index (χ2v) is 10.7. The van der Waals surface area contributed by atoms with Crippen LogP contribution < -0.4 is 0 Å². The number of aromatic nitrogens is 2. The number of aryl methyl sites for hydroxylation is 2. The summed E-state index contributed by atoms with van der Waals surface area (Å²) in [5.41, 5.74) is 9.12. The first-order chi connectivity index (χ1) is 19.7. The number of hydrogen-bond acceptors (Lipinski definition) is 3. The minimum Gasteiger partial charge on any atom is -0.305 e. The molecule has 4 aromatic carbocycles. The fourth-order valence-corrected chi connectivity index (χ4v) is 6.13.